The summed E-state index contributed by atoms with van der Waals surface area (Å²) in [4.78, 5) is 37.1. The summed E-state index contributed by atoms with van der Waals surface area (Å²) in [6, 6.07) is 8.20. The molecule has 2 saturated heterocycles. The second-order valence-corrected chi connectivity index (χ2v) is 11.7. The highest BCUT2D eigenvalue weighted by atomic mass is 35.5. The number of carbonyl (C=O) groups excluding carboxylic acids is 2. The molecule has 0 spiro atoms. The summed E-state index contributed by atoms with van der Waals surface area (Å²) >= 11 is 12.5. The zero-order valence-corrected chi connectivity index (χ0v) is 24.5. The van der Waals surface area contributed by atoms with E-state index in [4.69, 9.17) is 27.9 Å². The van der Waals surface area contributed by atoms with Gasteiger partial charge in [0, 0.05) is 61.3 Å². The Bertz CT molecular complexity index is 1130. The summed E-state index contributed by atoms with van der Waals surface area (Å²) in [5, 5.41) is 4.02. The third-order valence-corrected chi connectivity index (χ3v) is 7.96. The van der Waals surface area contributed by atoms with Crippen LogP contribution in [0.15, 0.2) is 36.5 Å². The minimum absolute atomic E-state index is 0.0317. The van der Waals surface area contributed by atoms with Crippen LogP contribution in [-0.4, -0.2) is 90.6 Å². The van der Waals surface area contributed by atoms with Crippen LogP contribution in [0.5, 0.6) is 5.75 Å². The first kappa shape index (κ1) is 29.4. The molecule has 1 N–H and O–H groups in total. The largest absolute Gasteiger partial charge is 0.487 e. The number of amides is 3. The molecule has 8 nitrogen and oxygen atoms in total. The van der Waals surface area contributed by atoms with Crippen molar-refractivity contribution in [2.45, 2.75) is 57.1 Å². The highest BCUT2D eigenvalue weighted by molar-refractivity contribution is 6.35. The number of nitrogens with zero attached hydrogens (tertiary/aromatic N) is 4. The Labute approximate surface area is 241 Å². The molecule has 0 unspecified atom stereocenters. The average molecular weight is 577 g/mol. The Kier molecular flexibility index (Phi) is 10.3. The predicted molar refractivity (Wildman–Crippen MR) is 155 cm³/mol. The Morgan fingerprint density at radius 1 is 1.10 bits per heavy atom. The third-order valence-electron chi connectivity index (χ3n) is 7.37. The summed E-state index contributed by atoms with van der Waals surface area (Å²) in [7, 11) is 4.05. The van der Waals surface area contributed by atoms with Gasteiger partial charge in [-0.2, -0.15) is 0 Å². The normalized spacial score (nSPS) is 17.8. The maximum atomic E-state index is 13.8. The van der Waals surface area contributed by atoms with E-state index in [1.165, 1.54) is 0 Å². The maximum absolute atomic E-state index is 13.8. The van der Waals surface area contributed by atoms with Crippen LogP contribution in [0.4, 0.5) is 4.79 Å². The monoisotopic (exact) mass is 575 g/mol. The van der Waals surface area contributed by atoms with Crippen LogP contribution in [0, 0.1) is 0 Å². The van der Waals surface area contributed by atoms with Gasteiger partial charge in [0.25, 0.3) is 0 Å². The molecule has 0 saturated carbocycles. The minimum Gasteiger partial charge on any atom is -0.487 e. The average Bonchev–Trinajstić information content (AvgIpc) is 3.45. The van der Waals surface area contributed by atoms with Crippen LogP contribution in [0.3, 0.4) is 0 Å². The van der Waals surface area contributed by atoms with Crippen LogP contribution in [-0.2, 0) is 11.2 Å². The fourth-order valence-corrected chi connectivity index (χ4v) is 5.92. The lowest BCUT2D eigenvalue weighted by atomic mass is 9.91. The Hall–Kier alpha value is -2.55. The molecular formula is C29H39Cl2N5O3. The van der Waals surface area contributed by atoms with E-state index in [0.29, 0.717) is 42.6 Å². The number of urea groups is 1. The van der Waals surface area contributed by atoms with Gasteiger partial charge in [-0.15, -0.1) is 0 Å². The molecule has 2 aromatic rings. The number of hydrogen-bond donors (Lipinski definition) is 1. The molecule has 3 heterocycles. The zero-order chi connectivity index (χ0) is 27.9. The van der Waals surface area contributed by atoms with Crippen LogP contribution >= 0.6 is 23.2 Å². The van der Waals surface area contributed by atoms with E-state index in [2.05, 4.69) is 22.1 Å². The van der Waals surface area contributed by atoms with Crippen LogP contribution in [0.2, 0.25) is 10.0 Å². The molecule has 2 aliphatic heterocycles. The van der Waals surface area contributed by atoms with Crippen LogP contribution in [0.25, 0.3) is 0 Å². The van der Waals surface area contributed by atoms with Crippen LogP contribution < -0.4 is 10.1 Å². The van der Waals surface area contributed by atoms with Gasteiger partial charge in [-0.05, 0) is 76.5 Å². The summed E-state index contributed by atoms with van der Waals surface area (Å²) in [6.07, 6.45) is 5.65. The second-order valence-electron chi connectivity index (χ2n) is 10.8. The lowest BCUT2D eigenvalue weighted by Gasteiger charge is -2.35. The molecule has 2 fully saturated rings. The highest BCUT2D eigenvalue weighted by Gasteiger charge is 2.33. The van der Waals surface area contributed by atoms with Gasteiger partial charge in [0.1, 0.15) is 17.9 Å². The summed E-state index contributed by atoms with van der Waals surface area (Å²) in [5.74, 6) is 0.911. The number of pyridine rings is 1. The van der Waals surface area contributed by atoms with Crippen molar-refractivity contribution in [2.75, 3.05) is 46.8 Å². The number of carbonyl (C=O) groups is 2. The van der Waals surface area contributed by atoms with Crippen LogP contribution in [0.1, 0.15) is 49.8 Å². The van der Waals surface area contributed by atoms with Crippen molar-refractivity contribution in [3.63, 3.8) is 0 Å². The number of ether oxygens (including phenoxy) is 1. The van der Waals surface area contributed by atoms with Gasteiger partial charge in [0.05, 0.1) is 5.69 Å². The lowest BCUT2D eigenvalue weighted by molar-refractivity contribution is -0.134. The van der Waals surface area contributed by atoms with E-state index in [-0.39, 0.29) is 24.0 Å². The number of aromatic nitrogens is 1. The van der Waals surface area contributed by atoms with Gasteiger partial charge in [0.2, 0.25) is 5.91 Å². The molecule has 1 aromatic heterocycles. The van der Waals surface area contributed by atoms with Crippen molar-refractivity contribution in [3.8, 4) is 5.75 Å². The molecule has 3 amide bonds. The molecule has 2 atom stereocenters. The Morgan fingerprint density at radius 3 is 2.49 bits per heavy atom. The first-order valence-corrected chi connectivity index (χ1v) is 14.5. The molecule has 1 aromatic carbocycles. The molecule has 212 valence electrons. The van der Waals surface area contributed by atoms with E-state index < -0.39 is 6.04 Å². The van der Waals surface area contributed by atoms with Crippen molar-refractivity contribution in [1.29, 1.82) is 0 Å². The maximum Gasteiger partial charge on any atom is 0.318 e. The lowest BCUT2D eigenvalue weighted by Crippen LogP contribution is -2.54. The van der Waals surface area contributed by atoms with E-state index in [1.54, 1.807) is 23.2 Å². The fraction of sp³-hybridized carbons (Fsp3) is 0.552. The zero-order valence-electron chi connectivity index (χ0n) is 23.0. The van der Waals surface area contributed by atoms with E-state index >= 15 is 0 Å². The number of rotatable bonds is 9. The quantitative estimate of drug-likeness (QED) is 0.463. The molecule has 4 rings (SSSR count). The van der Waals surface area contributed by atoms with Crippen molar-refractivity contribution in [2.24, 2.45) is 0 Å². The van der Waals surface area contributed by atoms with E-state index in [0.717, 1.165) is 49.2 Å². The highest BCUT2D eigenvalue weighted by Crippen LogP contribution is 2.33. The van der Waals surface area contributed by atoms with Crippen molar-refractivity contribution < 1.29 is 14.3 Å². The molecule has 39 heavy (non-hydrogen) atoms. The summed E-state index contributed by atoms with van der Waals surface area (Å²) in [6.45, 7) is 5.45. The van der Waals surface area contributed by atoms with E-state index in [1.807, 2.05) is 37.2 Å². The topological polar surface area (TPSA) is 78.0 Å². The van der Waals surface area contributed by atoms with Gasteiger partial charge in [0.15, 0.2) is 0 Å². The third kappa shape index (κ3) is 7.99. The van der Waals surface area contributed by atoms with E-state index in [9.17, 15) is 9.59 Å². The van der Waals surface area contributed by atoms with Gasteiger partial charge < -0.3 is 24.8 Å². The first-order chi connectivity index (χ1) is 18.7. The minimum atomic E-state index is -0.714. The number of halogens is 2. The van der Waals surface area contributed by atoms with Crippen molar-refractivity contribution >= 4 is 35.1 Å². The Morgan fingerprint density at radius 2 is 1.82 bits per heavy atom. The molecule has 0 aliphatic carbocycles. The number of benzene rings is 1. The predicted octanol–water partition coefficient (Wildman–Crippen LogP) is 4.84. The number of hydrogen-bond acceptors (Lipinski definition) is 5. The number of piperidine rings is 1. The van der Waals surface area contributed by atoms with Gasteiger partial charge in [-0.3, -0.25) is 9.78 Å². The molecule has 0 radical (unpaired) electrons. The first-order valence-electron chi connectivity index (χ1n) is 13.8. The van der Waals surface area contributed by atoms with Crippen molar-refractivity contribution in [1.82, 2.24) is 25.0 Å². The number of nitrogens with one attached hydrogen (secondary N) is 1. The molecule has 0 bridgehead atoms. The Balaban J connectivity index is 1.44. The molecular weight excluding hydrogens is 537 g/mol. The van der Waals surface area contributed by atoms with Gasteiger partial charge >= 0.3 is 6.03 Å². The molecule has 10 heteroatoms. The molecule has 2 aliphatic rings. The number of likely N-dealkylation sites (N-methyl/N-ethyl adjacent to an activating group) is 1. The number of likely N-dealkylation sites (tertiary alicyclic amines) is 2. The smallest absolute Gasteiger partial charge is 0.318 e. The van der Waals surface area contributed by atoms with Crippen molar-refractivity contribution in [3.05, 3.63) is 57.8 Å². The van der Waals surface area contributed by atoms with Gasteiger partial charge in [-0.25, -0.2) is 4.79 Å². The summed E-state index contributed by atoms with van der Waals surface area (Å²) in [5.41, 5.74) is 1.72. The standard InChI is InChI=1S/C29H39Cl2N5O3/c1-20(19-34(2)3)39-26-7-6-12-32-27(26)21-10-15-35(16-11-21)28(37)25(33-29(38)36-13-4-5-14-36)17-22-8-9-23(30)18-24(22)31/h6-9,12,18,20-21,25H,4-5,10-11,13-17,19H2,1-3H3,(H,33,38)/t20-,25+/m0/s1. The second kappa shape index (κ2) is 13.7. The fourth-order valence-electron chi connectivity index (χ4n) is 5.44. The summed E-state index contributed by atoms with van der Waals surface area (Å²) < 4.78 is 6.24. The SMILES string of the molecule is C[C@@H](CN(C)C)Oc1cccnc1C1CCN(C(=O)[C@@H](Cc2ccc(Cl)cc2Cl)NC(=O)N2CCCC2)CC1. The van der Waals surface area contributed by atoms with Gasteiger partial charge in [-0.1, -0.05) is 29.3 Å².